The predicted molar refractivity (Wildman–Crippen MR) is 81.6 cm³/mol. The Balaban J connectivity index is 2.26. The van der Waals surface area contributed by atoms with E-state index in [-0.39, 0.29) is 23.9 Å². The lowest BCUT2D eigenvalue weighted by Crippen LogP contribution is -2.62. The van der Waals surface area contributed by atoms with Crippen LogP contribution in [0, 0.1) is 0 Å². The van der Waals surface area contributed by atoms with Gasteiger partial charge in [0, 0.05) is 16.6 Å². The molecule has 2 aliphatic heterocycles. The topological polar surface area (TPSA) is 71.2 Å². The molecule has 2 rings (SSSR count). The fraction of sp³-hybridized carbons (Fsp3) is 1.00. The third-order valence-corrected chi connectivity index (χ3v) is 4.66. The Hall–Kier alpha value is -0.240. The average molecular weight is 301 g/mol. The summed E-state index contributed by atoms with van der Waals surface area (Å²) in [7, 11) is 0. The summed E-state index contributed by atoms with van der Waals surface area (Å²) in [5.41, 5.74) is 5.53. The summed E-state index contributed by atoms with van der Waals surface area (Å²) in [6.07, 6.45) is 0.755. The Bertz CT molecular complexity index is 345. The van der Waals surface area contributed by atoms with Crippen LogP contribution >= 0.6 is 0 Å². The Morgan fingerprint density at radius 3 is 1.81 bits per heavy atom. The molecule has 0 amide bonds. The molecule has 0 aromatic rings. The van der Waals surface area contributed by atoms with Crippen molar-refractivity contribution in [3.63, 3.8) is 0 Å². The SMILES string of the molecule is CC(N)(CO)CC(N1COCC1(C)C)N1COCC1(C)C. The van der Waals surface area contributed by atoms with E-state index in [0.717, 1.165) is 0 Å². The maximum atomic E-state index is 9.56. The van der Waals surface area contributed by atoms with E-state index in [1.165, 1.54) is 0 Å². The van der Waals surface area contributed by atoms with Gasteiger partial charge >= 0.3 is 0 Å². The zero-order chi connectivity index (χ0) is 15.9. The smallest absolute Gasteiger partial charge is 0.101 e. The van der Waals surface area contributed by atoms with Gasteiger partial charge in [0.2, 0.25) is 0 Å². The van der Waals surface area contributed by atoms with Crippen LogP contribution in [0.3, 0.4) is 0 Å². The maximum Gasteiger partial charge on any atom is 0.101 e. The maximum absolute atomic E-state index is 9.56. The van der Waals surface area contributed by atoms with Crippen LogP contribution in [0.5, 0.6) is 0 Å². The van der Waals surface area contributed by atoms with Crippen LogP contribution in [0.4, 0.5) is 0 Å². The first-order valence-corrected chi connectivity index (χ1v) is 7.68. The third kappa shape index (κ3) is 3.57. The molecule has 6 heteroatoms. The lowest BCUT2D eigenvalue weighted by atomic mass is 9.93. The first-order chi connectivity index (χ1) is 9.59. The molecule has 124 valence electrons. The second-order valence-corrected chi connectivity index (χ2v) is 8.02. The van der Waals surface area contributed by atoms with E-state index >= 15 is 0 Å². The minimum absolute atomic E-state index is 0.0340. The number of aliphatic hydroxyl groups excluding tert-OH is 1. The van der Waals surface area contributed by atoms with Gasteiger partial charge in [0.1, 0.15) is 13.5 Å². The molecule has 0 saturated carbocycles. The Labute approximate surface area is 128 Å². The molecule has 1 unspecified atom stereocenters. The minimum Gasteiger partial charge on any atom is -0.394 e. The fourth-order valence-electron chi connectivity index (χ4n) is 3.15. The molecule has 0 aromatic carbocycles. The van der Waals surface area contributed by atoms with Gasteiger partial charge in [-0.3, -0.25) is 9.80 Å². The van der Waals surface area contributed by atoms with Crippen LogP contribution in [-0.4, -0.2) is 71.0 Å². The van der Waals surface area contributed by atoms with Crippen LogP contribution in [0.25, 0.3) is 0 Å². The Morgan fingerprint density at radius 2 is 1.52 bits per heavy atom. The molecule has 2 heterocycles. The van der Waals surface area contributed by atoms with Gasteiger partial charge in [0.25, 0.3) is 0 Å². The molecule has 0 radical (unpaired) electrons. The molecule has 0 bridgehead atoms. The lowest BCUT2D eigenvalue weighted by molar-refractivity contribution is -0.0611. The summed E-state index contributed by atoms with van der Waals surface area (Å²) in [5.74, 6) is 0. The van der Waals surface area contributed by atoms with Crippen molar-refractivity contribution >= 4 is 0 Å². The molecule has 3 N–H and O–H groups in total. The minimum atomic E-state index is -0.623. The van der Waals surface area contributed by atoms with E-state index in [2.05, 4.69) is 37.5 Å². The summed E-state index contributed by atoms with van der Waals surface area (Å²) in [4.78, 5) is 4.68. The molecule has 21 heavy (non-hydrogen) atoms. The van der Waals surface area contributed by atoms with Gasteiger partial charge in [-0.15, -0.1) is 0 Å². The van der Waals surface area contributed by atoms with E-state index in [0.29, 0.717) is 33.1 Å². The van der Waals surface area contributed by atoms with Gasteiger partial charge in [-0.2, -0.15) is 0 Å². The number of hydrogen-bond donors (Lipinski definition) is 2. The summed E-state index contributed by atoms with van der Waals surface area (Å²) in [6.45, 7) is 13.2. The molecule has 1 atom stereocenters. The zero-order valence-corrected chi connectivity index (χ0v) is 14.1. The summed E-state index contributed by atoms with van der Waals surface area (Å²) < 4.78 is 11.4. The number of aliphatic hydroxyl groups is 1. The lowest BCUT2D eigenvalue weighted by Gasteiger charge is -2.47. The number of nitrogens with two attached hydrogens (primary N) is 1. The van der Waals surface area contributed by atoms with E-state index in [9.17, 15) is 5.11 Å². The van der Waals surface area contributed by atoms with E-state index in [1.807, 2.05) is 6.92 Å². The normalized spacial score (nSPS) is 29.1. The van der Waals surface area contributed by atoms with E-state index in [1.54, 1.807) is 0 Å². The largest absolute Gasteiger partial charge is 0.394 e. The molecule has 2 aliphatic rings. The Kier molecular flexibility index (Phi) is 4.69. The van der Waals surface area contributed by atoms with Gasteiger partial charge < -0.3 is 20.3 Å². The molecular weight excluding hydrogens is 270 g/mol. The van der Waals surface area contributed by atoms with Gasteiger partial charge in [-0.05, 0) is 41.0 Å². The number of rotatable bonds is 5. The first kappa shape index (κ1) is 17.1. The summed E-state index contributed by atoms with van der Waals surface area (Å²) >= 11 is 0. The highest BCUT2D eigenvalue weighted by molar-refractivity contribution is 4.97. The average Bonchev–Trinajstić information content (AvgIpc) is 2.88. The number of ether oxygens (including phenoxy) is 2. The van der Waals surface area contributed by atoms with Gasteiger partial charge in [0.05, 0.1) is 26.0 Å². The first-order valence-electron chi connectivity index (χ1n) is 7.68. The second-order valence-electron chi connectivity index (χ2n) is 8.02. The zero-order valence-electron chi connectivity index (χ0n) is 14.1. The van der Waals surface area contributed by atoms with Crippen LogP contribution in [0.2, 0.25) is 0 Å². The van der Waals surface area contributed by atoms with Crippen LogP contribution in [-0.2, 0) is 9.47 Å². The van der Waals surface area contributed by atoms with Gasteiger partial charge in [0.15, 0.2) is 0 Å². The van der Waals surface area contributed by atoms with E-state index < -0.39 is 5.54 Å². The highest BCUT2D eigenvalue weighted by Crippen LogP contribution is 2.34. The van der Waals surface area contributed by atoms with Crippen molar-refractivity contribution in [1.29, 1.82) is 0 Å². The molecule has 0 aromatic heterocycles. The van der Waals surface area contributed by atoms with Crippen molar-refractivity contribution in [2.24, 2.45) is 5.73 Å². The summed E-state index contributed by atoms with van der Waals surface area (Å²) in [6, 6.07) is 0. The monoisotopic (exact) mass is 301 g/mol. The molecule has 2 fully saturated rings. The standard InChI is InChI=1S/C15H31N3O3/c1-13(2)8-20-10-17(13)12(6-15(5,16)7-19)18-11-21-9-14(18,3)4/h12,19H,6-11,16H2,1-5H3. The van der Waals surface area contributed by atoms with E-state index in [4.69, 9.17) is 15.2 Å². The van der Waals surface area contributed by atoms with Crippen LogP contribution in [0.1, 0.15) is 41.0 Å². The number of nitrogens with zero attached hydrogens (tertiary/aromatic N) is 2. The fourth-order valence-corrected chi connectivity index (χ4v) is 3.15. The predicted octanol–water partition coefficient (Wildman–Crippen LogP) is 0.549. The van der Waals surface area contributed by atoms with Crippen LogP contribution in [0.15, 0.2) is 0 Å². The van der Waals surface area contributed by atoms with Crippen molar-refractivity contribution in [3.8, 4) is 0 Å². The molecule has 0 spiro atoms. The molecule has 0 aliphatic carbocycles. The van der Waals surface area contributed by atoms with Crippen molar-refractivity contribution in [2.45, 2.75) is 63.8 Å². The molecule has 2 saturated heterocycles. The quantitative estimate of drug-likeness (QED) is 0.773. The van der Waals surface area contributed by atoms with Crippen LogP contribution < -0.4 is 5.73 Å². The number of hydrogen-bond acceptors (Lipinski definition) is 6. The van der Waals surface area contributed by atoms with Crippen molar-refractivity contribution in [2.75, 3.05) is 33.3 Å². The van der Waals surface area contributed by atoms with Crippen molar-refractivity contribution in [3.05, 3.63) is 0 Å². The molecular formula is C15H31N3O3. The van der Waals surface area contributed by atoms with Crippen molar-refractivity contribution < 1.29 is 14.6 Å². The second kappa shape index (κ2) is 5.76. The Morgan fingerprint density at radius 1 is 1.10 bits per heavy atom. The highest BCUT2D eigenvalue weighted by atomic mass is 16.5. The third-order valence-electron chi connectivity index (χ3n) is 4.66. The summed E-state index contributed by atoms with van der Waals surface area (Å²) in [5, 5.41) is 9.56. The van der Waals surface area contributed by atoms with Crippen molar-refractivity contribution in [1.82, 2.24) is 9.80 Å². The highest BCUT2D eigenvalue weighted by Gasteiger charge is 2.47. The molecule has 6 nitrogen and oxygen atoms in total. The van der Waals surface area contributed by atoms with Gasteiger partial charge in [-0.25, -0.2) is 0 Å². The van der Waals surface area contributed by atoms with Gasteiger partial charge in [-0.1, -0.05) is 0 Å².